The van der Waals surface area contributed by atoms with Gasteiger partial charge in [0, 0.05) is 16.6 Å². The van der Waals surface area contributed by atoms with Gasteiger partial charge in [-0.15, -0.1) is 0 Å². The van der Waals surface area contributed by atoms with Gasteiger partial charge in [-0.05, 0) is 49.1 Å². The Kier molecular flexibility index (Phi) is 2.87. The smallest absolute Gasteiger partial charge is 0.129 e. The molecule has 2 fully saturated rings. The van der Waals surface area contributed by atoms with E-state index in [0.717, 1.165) is 5.92 Å². The van der Waals surface area contributed by atoms with Gasteiger partial charge >= 0.3 is 0 Å². The molecule has 3 heteroatoms. The zero-order chi connectivity index (χ0) is 12.0. The van der Waals surface area contributed by atoms with Crippen LogP contribution >= 0.6 is 11.6 Å². The number of hydrogen-bond acceptors (Lipinski definition) is 1. The lowest BCUT2D eigenvalue weighted by Gasteiger charge is -2.28. The average molecular weight is 254 g/mol. The van der Waals surface area contributed by atoms with E-state index >= 15 is 0 Å². The number of rotatable bonds is 2. The number of hydrogen-bond donors (Lipinski definition) is 1. The molecule has 1 aromatic rings. The van der Waals surface area contributed by atoms with Crippen molar-refractivity contribution in [2.75, 3.05) is 0 Å². The van der Waals surface area contributed by atoms with Crippen LogP contribution in [0.25, 0.3) is 0 Å². The first-order chi connectivity index (χ1) is 8.15. The Morgan fingerprint density at radius 1 is 1.29 bits per heavy atom. The Balaban J connectivity index is 1.84. The first kappa shape index (κ1) is 11.5. The standard InChI is InChI=1S/C14H17ClFN/c15-10-3-4-11(13(16)7-10)14(17)12-6-8-1-2-9(12)5-8/h3-4,7-9,12,14H,1-2,5-6,17H2. The third kappa shape index (κ3) is 1.98. The van der Waals surface area contributed by atoms with E-state index in [1.54, 1.807) is 12.1 Å². The van der Waals surface area contributed by atoms with E-state index in [2.05, 4.69) is 0 Å². The largest absolute Gasteiger partial charge is 0.324 e. The van der Waals surface area contributed by atoms with E-state index in [9.17, 15) is 4.39 Å². The van der Waals surface area contributed by atoms with Crippen molar-refractivity contribution in [3.05, 3.63) is 34.6 Å². The fourth-order valence-electron chi connectivity index (χ4n) is 3.74. The lowest BCUT2D eigenvalue weighted by atomic mass is 9.81. The summed E-state index contributed by atoms with van der Waals surface area (Å²) in [6.45, 7) is 0. The number of fused-ring (bicyclic) bond motifs is 2. The van der Waals surface area contributed by atoms with E-state index in [1.165, 1.54) is 31.7 Å². The maximum absolute atomic E-state index is 13.8. The minimum absolute atomic E-state index is 0.164. The average Bonchev–Trinajstić information content (AvgIpc) is 2.89. The molecule has 2 aliphatic rings. The molecule has 4 atom stereocenters. The van der Waals surface area contributed by atoms with Gasteiger partial charge in [-0.25, -0.2) is 4.39 Å². The molecule has 2 bridgehead atoms. The number of benzene rings is 1. The summed E-state index contributed by atoms with van der Waals surface area (Å²) in [5.41, 5.74) is 6.89. The summed E-state index contributed by atoms with van der Waals surface area (Å²) in [6.07, 6.45) is 5.09. The summed E-state index contributed by atoms with van der Waals surface area (Å²) >= 11 is 5.76. The summed E-state index contributed by atoms with van der Waals surface area (Å²) in [5, 5.41) is 0.436. The normalized spacial score (nSPS) is 33.0. The van der Waals surface area contributed by atoms with Crippen LogP contribution in [0.1, 0.15) is 37.3 Å². The maximum Gasteiger partial charge on any atom is 0.129 e. The van der Waals surface area contributed by atoms with E-state index in [1.807, 2.05) is 0 Å². The highest BCUT2D eigenvalue weighted by atomic mass is 35.5. The van der Waals surface area contributed by atoms with Crippen LogP contribution < -0.4 is 5.73 Å². The zero-order valence-electron chi connectivity index (χ0n) is 9.70. The van der Waals surface area contributed by atoms with Crippen molar-refractivity contribution in [1.82, 2.24) is 0 Å². The van der Waals surface area contributed by atoms with E-state index in [4.69, 9.17) is 17.3 Å². The highest BCUT2D eigenvalue weighted by Gasteiger charge is 2.42. The van der Waals surface area contributed by atoms with E-state index < -0.39 is 0 Å². The van der Waals surface area contributed by atoms with Crippen LogP contribution in [0.4, 0.5) is 4.39 Å². The Labute approximate surface area is 106 Å². The maximum atomic E-state index is 13.8. The predicted octanol–water partition coefficient (Wildman–Crippen LogP) is 3.92. The summed E-state index contributed by atoms with van der Waals surface area (Å²) in [4.78, 5) is 0. The molecule has 0 saturated heterocycles. The van der Waals surface area contributed by atoms with Crippen molar-refractivity contribution in [2.45, 2.75) is 31.7 Å². The molecule has 2 aliphatic carbocycles. The van der Waals surface area contributed by atoms with Gasteiger partial charge in [0.05, 0.1) is 0 Å². The van der Waals surface area contributed by atoms with E-state index in [-0.39, 0.29) is 11.9 Å². The van der Waals surface area contributed by atoms with Gasteiger partial charge in [0.25, 0.3) is 0 Å². The second kappa shape index (κ2) is 4.25. The summed E-state index contributed by atoms with van der Waals surface area (Å²) in [6, 6.07) is 4.67. The molecular formula is C14H17ClFN. The lowest BCUT2D eigenvalue weighted by Crippen LogP contribution is -2.26. The van der Waals surface area contributed by atoms with Gasteiger partial charge in [0.15, 0.2) is 0 Å². The minimum Gasteiger partial charge on any atom is -0.324 e. The first-order valence-electron chi connectivity index (χ1n) is 6.35. The van der Waals surface area contributed by atoms with Crippen LogP contribution in [0.3, 0.4) is 0 Å². The summed E-state index contributed by atoms with van der Waals surface area (Å²) in [5.74, 6) is 1.76. The second-order valence-corrected chi connectivity index (χ2v) is 5.97. The molecule has 2 N–H and O–H groups in total. The molecular weight excluding hydrogens is 237 g/mol. The van der Waals surface area contributed by atoms with Crippen LogP contribution in [0.2, 0.25) is 5.02 Å². The molecule has 1 nitrogen and oxygen atoms in total. The summed E-state index contributed by atoms with van der Waals surface area (Å²) < 4.78 is 13.8. The van der Waals surface area contributed by atoms with Gasteiger partial charge in [-0.1, -0.05) is 24.1 Å². The van der Waals surface area contributed by atoms with Crippen molar-refractivity contribution < 1.29 is 4.39 Å². The fourth-order valence-corrected chi connectivity index (χ4v) is 3.90. The Morgan fingerprint density at radius 3 is 2.71 bits per heavy atom. The van der Waals surface area contributed by atoms with Crippen molar-refractivity contribution in [3.8, 4) is 0 Å². The van der Waals surface area contributed by atoms with Gasteiger partial charge in [0.1, 0.15) is 5.82 Å². The Hall–Kier alpha value is -0.600. The third-order valence-electron chi connectivity index (χ3n) is 4.58. The van der Waals surface area contributed by atoms with Gasteiger partial charge in [-0.2, -0.15) is 0 Å². The van der Waals surface area contributed by atoms with Crippen LogP contribution in [0.5, 0.6) is 0 Å². The van der Waals surface area contributed by atoms with E-state index in [0.29, 0.717) is 22.4 Å². The fraction of sp³-hybridized carbons (Fsp3) is 0.571. The predicted molar refractivity (Wildman–Crippen MR) is 67.3 cm³/mol. The lowest BCUT2D eigenvalue weighted by molar-refractivity contribution is 0.280. The molecule has 0 amide bonds. The molecule has 0 aromatic heterocycles. The van der Waals surface area contributed by atoms with Crippen LogP contribution in [0.15, 0.2) is 18.2 Å². The second-order valence-electron chi connectivity index (χ2n) is 5.53. The van der Waals surface area contributed by atoms with Crippen LogP contribution in [-0.4, -0.2) is 0 Å². The molecule has 4 unspecified atom stereocenters. The molecule has 0 radical (unpaired) electrons. The molecule has 1 aromatic carbocycles. The Morgan fingerprint density at radius 2 is 2.12 bits per heavy atom. The molecule has 2 saturated carbocycles. The highest BCUT2D eigenvalue weighted by Crippen LogP contribution is 2.52. The monoisotopic (exact) mass is 253 g/mol. The zero-order valence-corrected chi connectivity index (χ0v) is 10.5. The van der Waals surface area contributed by atoms with Crippen LogP contribution in [-0.2, 0) is 0 Å². The van der Waals surface area contributed by atoms with Crippen molar-refractivity contribution >= 4 is 11.6 Å². The third-order valence-corrected chi connectivity index (χ3v) is 4.81. The molecule has 92 valence electrons. The van der Waals surface area contributed by atoms with Crippen LogP contribution in [0, 0.1) is 23.6 Å². The molecule has 17 heavy (non-hydrogen) atoms. The van der Waals surface area contributed by atoms with Crippen molar-refractivity contribution in [3.63, 3.8) is 0 Å². The molecule has 0 heterocycles. The molecule has 0 aliphatic heterocycles. The van der Waals surface area contributed by atoms with Crippen molar-refractivity contribution in [1.29, 1.82) is 0 Å². The van der Waals surface area contributed by atoms with Gasteiger partial charge in [-0.3, -0.25) is 0 Å². The first-order valence-corrected chi connectivity index (χ1v) is 6.73. The quantitative estimate of drug-likeness (QED) is 0.850. The topological polar surface area (TPSA) is 26.0 Å². The highest BCUT2D eigenvalue weighted by molar-refractivity contribution is 6.30. The SMILES string of the molecule is NC(c1ccc(Cl)cc1F)C1CC2CCC1C2. The molecule has 3 rings (SSSR count). The number of halogens is 2. The Bertz CT molecular complexity index is 434. The van der Waals surface area contributed by atoms with Gasteiger partial charge in [0.2, 0.25) is 0 Å². The molecule has 0 spiro atoms. The summed E-state index contributed by atoms with van der Waals surface area (Å²) in [7, 11) is 0. The minimum atomic E-state index is -0.257. The van der Waals surface area contributed by atoms with Gasteiger partial charge < -0.3 is 5.73 Å². The number of nitrogens with two attached hydrogens (primary N) is 1. The van der Waals surface area contributed by atoms with Crippen molar-refractivity contribution in [2.24, 2.45) is 23.5 Å².